The zero-order valence-corrected chi connectivity index (χ0v) is 10.3. The zero-order valence-electron chi connectivity index (χ0n) is 9.47. The third-order valence-electron chi connectivity index (χ3n) is 2.08. The lowest BCUT2D eigenvalue weighted by Crippen LogP contribution is -2.14. The second-order valence-corrected chi connectivity index (χ2v) is 4.14. The van der Waals surface area contributed by atoms with Crippen LogP contribution in [0.4, 0.5) is 10.8 Å². The fourth-order valence-corrected chi connectivity index (χ4v) is 1.85. The molecular weight excluding hydrogens is 240 g/mol. The second-order valence-electron chi connectivity index (χ2n) is 3.39. The molecule has 0 fully saturated rings. The van der Waals surface area contributed by atoms with Gasteiger partial charge in [-0.2, -0.15) is 9.47 Å². The molecular formula is C9H12N6OS. The predicted octanol–water partition coefficient (Wildman–Crippen LogP) is 0.897. The van der Waals surface area contributed by atoms with Gasteiger partial charge in [0.15, 0.2) is 5.69 Å². The summed E-state index contributed by atoms with van der Waals surface area (Å²) in [7, 11) is 0. The number of aryl methyl sites for hydroxylation is 2. The molecule has 0 atom stereocenters. The number of carbonyl (C=O) groups excluding carboxylic acids is 1. The van der Waals surface area contributed by atoms with Crippen molar-refractivity contribution in [1.82, 2.24) is 19.1 Å². The average Bonchev–Trinajstić information content (AvgIpc) is 2.85. The van der Waals surface area contributed by atoms with E-state index in [0.717, 1.165) is 11.5 Å². The molecule has 2 aromatic rings. The normalized spacial score (nSPS) is 10.5. The molecule has 2 rings (SSSR count). The molecule has 3 N–H and O–H groups in total. The highest BCUT2D eigenvalue weighted by molar-refractivity contribution is 7.09. The van der Waals surface area contributed by atoms with E-state index < -0.39 is 0 Å². The number of hydrogen-bond acceptors (Lipinski definition) is 6. The van der Waals surface area contributed by atoms with Crippen LogP contribution in [0.5, 0.6) is 0 Å². The Bertz CT molecular complexity index is 545. The van der Waals surface area contributed by atoms with Crippen molar-refractivity contribution >= 4 is 28.3 Å². The minimum absolute atomic E-state index is 0.208. The molecule has 0 aromatic carbocycles. The molecule has 0 radical (unpaired) electrons. The first-order valence-electron chi connectivity index (χ1n) is 5.04. The summed E-state index contributed by atoms with van der Waals surface area (Å²) in [4.78, 5) is 15.9. The van der Waals surface area contributed by atoms with E-state index in [1.165, 1.54) is 0 Å². The lowest BCUT2D eigenvalue weighted by molar-refractivity contribution is 0.102. The Morgan fingerprint density at radius 2 is 2.41 bits per heavy atom. The minimum atomic E-state index is -0.370. The molecule has 0 aliphatic heterocycles. The molecule has 0 bridgehead atoms. The van der Waals surface area contributed by atoms with Crippen molar-refractivity contribution in [2.45, 2.75) is 20.4 Å². The van der Waals surface area contributed by atoms with Crippen LogP contribution in [0.2, 0.25) is 0 Å². The van der Waals surface area contributed by atoms with E-state index in [9.17, 15) is 4.79 Å². The monoisotopic (exact) mass is 252 g/mol. The number of carbonyl (C=O) groups is 1. The first-order valence-corrected chi connectivity index (χ1v) is 5.82. The van der Waals surface area contributed by atoms with Gasteiger partial charge >= 0.3 is 0 Å². The first-order chi connectivity index (χ1) is 8.10. The minimum Gasteiger partial charge on any atom is -0.396 e. The van der Waals surface area contributed by atoms with E-state index in [0.29, 0.717) is 23.2 Å². The van der Waals surface area contributed by atoms with Gasteiger partial charge in [-0.25, -0.2) is 4.98 Å². The van der Waals surface area contributed by atoms with Crippen LogP contribution in [0.3, 0.4) is 0 Å². The maximum absolute atomic E-state index is 11.8. The van der Waals surface area contributed by atoms with E-state index in [1.807, 2.05) is 6.92 Å². The van der Waals surface area contributed by atoms with Gasteiger partial charge in [0.2, 0.25) is 5.13 Å². The van der Waals surface area contributed by atoms with Gasteiger partial charge in [0, 0.05) is 24.3 Å². The molecule has 0 spiro atoms. The quantitative estimate of drug-likeness (QED) is 0.845. The number of nitrogens with zero attached hydrogens (tertiary/aromatic N) is 4. The highest BCUT2D eigenvalue weighted by atomic mass is 32.1. The lowest BCUT2D eigenvalue weighted by Gasteiger charge is -1.98. The second kappa shape index (κ2) is 4.50. The molecule has 2 heterocycles. The Morgan fingerprint density at radius 3 is 2.94 bits per heavy atom. The summed E-state index contributed by atoms with van der Waals surface area (Å²) in [6.07, 6.45) is 1.63. The molecule has 2 aromatic heterocycles. The van der Waals surface area contributed by atoms with Crippen LogP contribution < -0.4 is 11.1 Å². The number of hydrogen-bond donors (Lipinski definition) is 2. The summed E-state index contributed by atoms with van der Waals surface area (Å²) in [5.41, 5.74) is 6.26. The maximum atomic E-state index is 11.8. The highest BCUT2D eigenvalue weighted by Gasteiger charge is 2.16. The molecule has 0 unspecified atom stereocenters. The van der Waals surface area contributed by atoms with Crippen LogP contribution in [0, 0.1) is 6.92 Å². The van der Waals surface area contributed by atoms with Gasteiger partial charge in [-0.3, -0.25) is 14.8 Å². The van der Waals surface area contributed by atoms with Gasteiger partial charge in [0.05, 0.1) is 5.69 Å². The van der Waals surface area contributed by atoms with Gasteiger partial charge in [0.1, 0.15) is 5.82 Å². The van der Waals surface area contributed by atoms with Crippen molar-refractivity contribution in [2.75, 3.05) is 11.1 Å². The molecule has 17 heavy (non-hydrogen) atoms. The van der Waals surface area contributed by atoms with E-state index in [1.54, 1.807) is 17.8 Å². The van der Waals surface area contributed by atoms with Gasteiger partial charge in [-0.1, -0.05) is 0 Å². The van der Waals surface area contributed by atoms with Crippen LogP contribution in [0.15, 0.2) is 6.20 Å². The van der Waals surface area contributed by atoms with Crippen molar-refractivity contribution in [1.29, 1.82) is 0 Å². The molecule has 8 heteroatoms. The predicted molar refractivity (Wildman–Crippen MR) is 64.9 cm³/mol. The van der Waals surface area contributed by atoms with Crippen LogP contribution in [0.1, 0.15) is 23.2 Å². The standard InChI is InChI=1S/C9H12N6OS/c1-3-15-4-6(10)7(13-15)8(16)12-9-11-5(2)14-17-9/h4H,3,10H2,1-2H3,(H,11,12,14,16). The van der Waals surface area contributed by atoms with E-state index in [2.05, 4.69) is 19.8 Å². The van der Waals surface area contributed by atoms with Gasteiger partial charge in [0.25, 0.3) is 5.91 Å². The summed E-state index contributed by atoms with van der Waals surface area (Å²) >= 11 is 1.12. The van der Waals surface area contributed by atoms with Crippen LogP contribution in [-0.2, 0) is 6.54 Å². The Morgan fingerprint density at radius 1 is 1.65 bits per heavy atom. The van der Waals surface area contributed by atoms with Gasteiger partial charge < -0.3 is 5.73 Å². The molecule has 7 nitrogen and oxygen atoms in total. The smallest absolute Gasteiger partial charge is 0.280 e. The lowest BCUT2D eigenvalue weighted by atomic mass is 10.3. The van der Waals surface area contributed by atoms with Crippen molar-refractivity contribution in [3.05, 3.63) is 17.7 Å². The number of anilines is 2. The highest BCUT2D eigenvalue weighted by Crippen LogP contribution is 2.14. The summed E-state index contributed by atoms with van der Waals surface area (Å²) in [5, 5.41) is 7.12. The number of rotatable bonds is 3. The van der Waals surface area contributed by atoms with Crippen LogP contribution in [-0.4, -0.2) is 25.0 Å². The topological polar surface area (TPSA) is 98.7 Å². The third kappa shape index (κ3) is 2.41. The zero-order chi connectivity index (χ0) is 12.4. The summed E-state index contributed by atoms with van der Waals surface area (Å²) in [5.74, 6) is 0.253. The van der Waals surface area contributed by atoms with Gasteiger partial charge in [-0.15, -0.1) is 0 Å². The summed E-state index contributed by atoms with van der Waals surface area (Å²) < 4.78 is 5.57. The van der Waals surface area contributed by atoms with E-state index >= 15 is 0 Å². The fraction of sp³-hybridized carbons (Fsp3) is 0.333. The summed E-state index contributed by atoms with van der Waals surface area (Å²) in [6, 6.07) is 0. The van der Waals surface area contributed by atoms with Gasteiger partial charge in [-0.05, 0) is 13.8 Å². The largest absolute Gasteiger partial charge is 0.396 e. The maximum Gasteiger partial charge on any atom is 0.280 e. The third-order valence-corrected chi connectivity index (χ3v) is 2.80. The fourth-order valence-electron chi connectivity index (χ4n) is 1.28. The Hall–Kier alpha value is -1.96. The average molecular weight is 252 g/mol. The van der Waals surface area contributed by atoms with Crippen molar-refractivity contribution in [3.8, 4) is 0 Å². The number of nitrogen functional groups attached to an aromatic ring is 1. The van der Waals surface area contributed by atoms with Crippen LogP contribution in [0.25, 0.3) is 0 Å². The number of aromatic nitrogens is 4. The SMILES string of the molecule is CCn1cc(N)c(C(=O)Nc2nc(C)ns2)n1. The Kier molecular flexibility index (Phi) is 3.05. The molecule has 1 amide bonds. The number of nitrogens with two attached hydrogens (primary N) is 1. The first kappa shape index (κ1) is 11.5. The van der Waals surface area contributed by atoms with Crippen molar-refractivity contribution in [2.24, 2.45) is 0 Å². The molecule has 0 aliphatic rings. The van der Waals surface area contributed by atoms with Crippen molar-refractivity contribution in [3.63, 3.8) is 0 Å². The molecule has 0 aliphatic carbocycles. The summed E-state index contributed by atoms with van der Waals surface area (Å²) in [6.45, 7) is 4.34. The number of amides is 1. The Balaban J connectivity index is 2.16. The van der Waals surface area contributed by atoms with E-state index in [-0.39, 0.29) is 11.6 Å². The molecule has 0 saturated heterocycles. The molecule has 90 valence electrons. The number of nitrogens with one attached hydrogen (secondary N) is 1. The van der Waals surface area contributed by atoms with Crippen molar-refractivity contribution < 1.29 is 4.79 Å². The van der Waals surface area contributed by atoms with Crippen LogP contribution >= 0.6 is 11.5 Å². The van der Waals surface area contributed by atoms with E-state index in [4.69, 9.17) is 5.73 Å². The molecule has 0 saturated carbocycles. The Labute approximate surface area is 102 Å².